The van der Waals surface area contributed by atoms with Crippen LogP contribution in [-0.2, 0) is 4.74 Å². The van der Waals surface area contributed by atoms with Crippen molar-refractivity contribution >= 4 is 11.8 Å². The zero-order chi connectivity index (χ0) is 12.2. The number of aromatic nitrogens is 2. The highest BCUT2D eigenvalue weighted by Crippen LogP contribution is 2.05. The Bertz CT molecular complexity index is 373. The fourth-order valence-electron chi connectivity index (χ4n) is 0.965. The summed E-state index contributed by atoms with van der Waals surface area (Å²) in [6.45, 7) is 4.33. The van der Waals surface area contributed by atoms with Gasteiger partial charge in [-0.15, -0.1) is 0 Å². The van der Waals surface area contributed by atoms with Gasteiger partial charge in [-0.05, 0) is 19.9 Å². The molecule has 0 aromatic carbocycles. The van der Waals surface area contributed by atoms with Crippen LogP contribution in [-0.4, -0.2) is 35.1 Å². The average molecular weight is 224 g/mol. The lowest BCUT2D eigenvalue weighted by Crippen LogP contribution is -2.39. The summed E-state index contributed by atoms with van der Waals surface area (Å²) in [5.74, 6) is 0.0203. The topological polar surface area (TPSA) is 90.1 Å². The molecular formula is C10H16N4O2. The van der Waals surface area contributed by atoms with Crippen LogP contribution in [0.15, 0.2) is 12.3 Å². The zero-order valence-electron chi connectivity index (χ0n) is 9.65. The molecule has 6 nitrogen and oxygen atoms in total. The predicted octanol–water partition coefficient (Wildman–Crippen LogP) is 0.412. The van der Waals surface area contributed by atoms with Gasteiger partial charge in [-0.25, -0.2) is 14.8 Å². The van der Waals surface area contributed by atoms with Crippen LogP contribution >= 0.6 is 0 Å². The van der Waals surface area contributed by atoms with E-state index >= 15 is 0 Å². The normalized spacial score (nSPS) is 11.0. The fraction of sp³-hybridized carbons (Fsp3) is 0.500. The highest BCUT2D eigenvalue weighted by atomic mass is 16.5. The number of hydrogen-bond acceptors (Lipinski definition) is 6. The minimum absolute atomic E-state index is 0.0299. The first kappa shape index (κ1) is 12.4. The molecule has 3 N–H and O–H groups in total. The summed E-state index contributed by atoms with van der Waals surface area (Å²) in [5.41, 5.74) is 5.46. The summed E-state index contributed by atoms with van der Waals surface area (Å²) in [5, 5.41) is 3.02. The third-order valence-electron chi connectivity index (χ3n) is 1.75. The molecule has 0 fully saturated rings. The summed E-state index contributed by atoms with van der Waals surface area (Å²) >= 11 is 0. The Kier molecular flexibility index (Phi) is 3.78. The molecule has 0 aliphatic carbocycles. The number of nitrogens with one attached hydrogen (secondary N) is 1. The van der Waals surface area contributed by atoms with Crippen LogP contribution in [0.2, 0.25) is 0 Å². The van der Waals surface area contributed by atoms with E-state index in [0.29, 0.717) is 12.4 Å². The van der Waals surface area contributed by atoms with Crippen molar-refractivity contribution in [3.63, 3.8) is 0 Å². The lowest BCUT2D eigenvalue weighted by Gasteiger charge is -2.19. The largest absolute Gasteiger partial charge is 0.463 e. The molecule has 0 aliphatic heterocycles. The third kappa shape index (κ3) is 3.82. The monoisotopic (exact) mass is 224 g/mol. The quantitative estimate of drug-likeness (QED) is 0.720. The molecule has 0 radical (unpaired) electrons. The smallest absolute Gasteiger partial charge is 0.376 e. The first-order valence-electron chi connectivity index (χ1n) is 4.86. The van der Waals surface area contributed by atoms with Gasteiger partial charge < -0.3 is 15.8 Å². The molecule has 0 spiro atoms. The highest BCUT2D eigenvalue weighted by Gasteiger charge is 2.12. The summed E-state index contributed by atoms with van der Waals surface area (Å²) in [4.78, 5) is 19.0. The molecule has 6 heteroatoms. The molecule has 0 bridgehead atoms. The number of ether oxygens (including phenoxy) is 1. The van der Waals surface area contributed by atoms with Crippen molar-refractivity contribution in [1.29, 1.82) is 0 Å². The predicted molar refractivity (Wildman–Crippen MR) is 60.1 cm³/mol. The molecule has 1 aromatic rings. The van der Waals surface area contributed by atoms with Crippen molar-refractivity contribution in [3.8, 4) is 0 Å². The number of methoxy groups -OCH3 is 1. The summed E-state index contributed by atoms with van der Waals surface area (Å²) in [6, 6.07) is 1.66. The molecule has 16 heavy (non-hydrogen) atoms. The van der Waals surface area contributed by atoms with E-state index in [-0.39, 0.29) is 11.4 Å². The lowest BCUT2D eigenvalue weighted by atomic mass is 10.1. The van der Waals surface area contributed by atoms with Gasteiger partial charge in [0.15, 0.2) is 0 Å². The fourth-order valence-corrected chi connectivity index (χ4v) is 0.965. The second kappa shape index (κ2) is 4.89. The number of esters is 1. The molecule has 1 heterocycles. The van der Waals surface area contributed by atoms with Gasteiger partial charge in [0, 0.05) is 18.3 Å². The highest BCUT2D eigenvalue weighted by molar-refractivity contribution is 5.85. The van der Waals surface area contributed by atoms with Crippen molar-refractivity contribution in [3.05, 3.63) is 18.1 Å². The number of nitrogens with two attached hydrogens (primary N) is 1. The van der Waals surface area contributed by atoms with Crippen LogP contribution in [0.3, 0.4) is 0 Å². The van der Waals surface area contributed by atoms with Crippen LogP contribution in [0.5, 0.6) is 0 Å². The van der Waals surface area contributed by atoms with Crippen molar-refractivity contribution in [1.82, 2.24) is 9.97 Å². The maximum Gasteiger partial charge on any atom is 0.376 e. The van der Waals surface area contributed by atoms with Crippen LogP contribution in [0.1, 0.15) is 24.5 Å². The molecule has 0 atom stereocenters. The van der Waals surface area contributed by atoms with Crippen LogP contribution in [0.25, 0.3) is 0 Å². The molecular weight excluding hydrogens is 208 g/mol. The Morgan fingerprint density at radius 3 is 2.88 bits per heavy atom. The number of hydrogen-bond donors (Lipinski definition) is 2. The number of nitrogens with zero attached hydrogens (tertiary/aromatic N) is 2. The van der Waals surface area contributed by atoms with Crippen LogP contribution < -0.4 is 11.1 Å². The van der Waals surface area contributed by atoms with Gasteiger partial charge in [0.05, 0.1) is 7.11 Å². The van der Waals surface area contributed by atoms with E-state index in [1.807, 2.05) is 13.8 Å². The van der Waals surface area contributed by atoms with Gasteiger partial charge in [0.25, 0.3) is 0 Å². The number of rotatable bonds is 4. The van der Waals surface area contributed by atoms with E-state index in [2.05, 4.69) is 20.0 Å². The molecule has 1 aromatic heterocycles. The molecule has 0 saturated heterocycles. The van der Waals surface area contributed by atoms with Crippen molar-refractivity contribution < 1.29 is 9.53 Å². The van der Waals surface area contributed by atoms with Crippen LogP contribution in [0, 0.1) is 0 Å². The standard InChI is InChI=1S/C10H16N4O2/c1-10(2,11)6-13-7-4-5-12-8(14-7)9(15)16-3/h4-5H,6,11H2,1-3H3,(H,12,13,14). The Morgan fingerprint density at radius 1 is 1.62 bits per heavy atom. The molecule has 0 saturated carbocycles. The van der Waals surface area contributed by atoms with Gasteiger partial charge in [-0.1, -0.05) is 0 Å². The lowest BCUT2D eigenvalue weighted by molar-refractivity contribution is 0.0587. The van der Waals surface area contributed by atoms with Gasteiger partial charge in [-0.2, -0.15) is 0 Å². The number of anilines is 1. The van der Waals surface area contributed by atoms with Gasteiger partial charge in [-0.3, -0.25) is 0 Å². The van der Waals surface area contributed by atoms with E-state index in [1.165, 1.54) is 13.3 Å². The first-order chi connectivity index (χ1) is 7.42. The van der Waals surface area contributed by atoms with Crippen molar-refractivity contribution in [2.24, 2.45) is 5.73 Å². The minimum Gasteiger partial charge on any atom is -0.463 e. The Balaban J connectivity index is 2.71. The molecule has 88 valence electrons. The van der Waals surface area contributed by atoms with E-state index in [1.54, 1.807) is 6.07 Å². The number of carbonyl (C=O) groups excluding carboxylic acids is 1. The molecule has 0 aliphatic rings. The zero-order valence-corrected chi connectivity index (χ0v) is 9.65. The maximum atomic E-state index is 11.2. The Hall–Kier alpha value is -1.69. The SMILES string of the molecule is COC(=O)c1nccc(NCC(C)(C)N)n1. The summed E-state index contributed by atoms with van der Waals surface area (Å²) < 4.78 is 4.52. The Labute approximate surface area is 94.2 Å². The van der Waals surface area contributed by atoms with E-state index in [0.717, 1.165) is 0 Å². The van der Waals surface area contributed by atoms with Crippen molar-refractivity contribution in [2.45, 2.75) is 19.4 Å². The number of carbonyl (C=O) groups is 1. The summed E-state index contributed by atoms with van der Waals surface area (Å²) in [7, 11) is 1.29. The van der Waals surface area contributed by atoms with E-state index in [9.17, 15) is 4.79 Å². The molecule has 0 unspecified atom stereocenters. The van der Waals surface area contributed by atoms with Gasteiger partial charge in [0.1, 0.15) is 5.82 Å². The minimum atomic E-state index is -0.560. The van der Waals surface area contributed by atoms with Gasteiger partial charge in [0.2, 0.25) is 5.82 Å². The molecule has 1 rings (SSSR count). The first-order valence-corrected chi connectivity index (χ1v) is 4.86. The van der Waals surface area contributed by atoms with E-state index < -0.39 is 5.97 Å². The summed E-state index contributed by atoms with van der Waals surface area (Å²) in [6.07, 6.45) is 1.49. The second-order valence-corrected chi connectivity index (χ2v) is 4.10. The average Bonchev–Trinajstić information content (AvgIpc) is 2.25. The molecule has 0 amide bonds. The third-order valence-corrected chi connectivity index (χ3v) is 1.75. The van der Waals surface area contributed by atoms with Gasteiger partial charge >= 0.3 is 5.97 Å². The Morgan fingerprint density at radius 2 is 2.31 bits per heavy atom. The van der Waals surface area contributed by atoms with E-state index in [4.69, 9.17) is 5.73 Å². The van der Waals surface area contributed by atoms with Crippen molar-refractivity contribution in [2.75, 3.05) is 19.0 Å². The maximum absolute atomic E-state index is 11.2. The second-order valence-electron chi connectivity index (χ2n) is 4.10. The van der Waals surface area contributed by atoms with Crippen LogP contribution in [0.4, 0.5) is 5.82 Å².